The molecule has 1 amide bonds. The third-order valence-corrected chi connectivity index (χ3v) is 2.87. The van der Waals surface area contributed by atoms with E-state index in [0.29, 0.717) is 16.3 Å². The number of phenols is 1. The van der Waals surface area contributed by atoms with Crippen molar-refractivity contribution in [2.45, 2.75) is 0 Å². The number of hydrogen-bond acceptors (Lipinski definition) is 2. The van der Waals surface area contributed by atoms with Crippen molar-refractivity contribution in [1.29, 1.82) is 0 Å². The smallest absolute Gasteiger partial charge is 0.255 e. The highest BCUT2D eigenvalue weighted by molar-refractivity contribution is 6.32. The van der Waals surface area contributed by atoms with Crippen LogP contribution in [0.15, 0.2) is 42.5 Å². The molecule has 0 saturated heterocycles. The molecule has 0 aliphatic carbocycles. The van der Waals surface area contributed by atoms with Crippen LogP contribution < -0.4 is 5.32 Å². The van der Waals surface area contributed by atoms with Crippen molar-refractivity contribution in [1.82, 2.24) is 0 Å². The monoisotopic (exact) mass is 281 g/mol. The Bertz CT molecular complexity index is 582. The van der Waals surface area contributed by atoms with Crippen LogP contribution in [0.1, 0.15) is 10.4 Å². The SMILES string of the molecule is O=C(Nc1ccc(O)c(Cl)c1)c1ccc(Cl)cc1. The molecule has 92 valence electrons. The Morgan fingerprint density at radius 1 is 1.06 bits per heavy atom. The van der Waals surface area contributed by atoms with E-state index in [1.54, 1.807) is 30.3 Å². The minimum atomic E-state index is -0.270. The second-order valence-corrected chi connectivity index (χ2v) is 4.47. The summed E-state index contributed by atoms with van der Waals surface area (Å²) in [4.78, 5) is 11.9. The van der Waals surface area contributed by atoms with Gasteiger partial charge < -0.3 is 10.4 Å². The molecule has 0 bridgehead atoms. The summed E-state index contributed by atoms with van der Waals surface area (Å²) in [5, 5.41) is 12.7. The lowest BCUT2D eigenvalue weighted by Crippen LogP contribution is -2.11. The van der Waals surface area contributed by atoms with Gasteiger partial charge in [-0.3, -0.25) is 4.79 Å². The fourth-order valence-corrected chi connectivity index (χ4v) is 1.70. The van der Waals surface area contributed by atoms with Gasteiger partial charge in [-0.05, 0) is 42.5 Å². The Morgan fingerprint density at radius 2 is 1.72 bits per heavy atom. The van der Waals surface area contributed by atoms with Crippen LogP contribution in [0.4, 0.5) is 5.69 Å². The van der Waals surface area contributed by atoms with Crippen molar-refractivity contribution < 1.29 is 9.90 Å². The van der Waals surface area contributed by atoms with Gasteiger partial charge in [-0.25, -0.2) is 0 Å². The summed E-state index contributed by atoms with van der Waals surface area (Å²) in [5.41, 5.74) is 1.00. The van der Waals surface area contributed by atoms with Crippen molar-refractivity contribution in [3.05, 3.63) is 58.1 Å². The number of rotatable bonds is 2. The number of nitrogens with one attached hydrogen (secondary N) is 1. The van der Waals surface area contributed by atoms with Crippen LogP contribution in [0.2, 0.25) is 10.0 Å². The van der Waals surface area contributed by atoms with Crippen LogP contribution in [-0.4, -0.2) is 11.0 Å². The Kier molecular flexibility index (Phi) is 3.75. The molecule has 2 aromatic carbocycles. The van der Waals surface area contributed by atoms with Crippen molar-refractivity contribution in [2.75, 3.05) is 5.32 Å². The molecule has 0 atom stereocenters. The lowest BCUT2D eigenvalue weighted by molar-refractivity contribution is 0.102. The van der Waals surface area contributed by atoms with Crippen LogP contribution in [0, 0.1) is 0 Å². The summed E-state index contributed by atoms with van der Waals surface area (Å²) in [6, 6.07) is 11.0. The first-order valence-electron chi connectivity index (χ1n) is 5.12. The number of halogens is 2. The number of benzene rings is 2. The van der Waals surface area contributed by atoms with Gasteiger partial charge in [0.15, 0.2) is 0 Å². The average molecular weight is 282 g/mol. The zero-order valence-corrected chi connectivity index (χ0v) is 10.7. The standard InChI is InChI=1S/C13H9Cl2NO2/c14-9-3-1-8(2-4-9)13(18)16-10-5-6-12(17)11(15)7-10/h1-7,17H,(H,16,18). The first-order valence-corrected chi connectivity index (χ1v) is 5.87. The lowest BCUT2D eigenvalue weighted by atomic mass is 10.2. The lowest BCUT2D eigenvalue weighted by Gasteiger charge is -2.06. The molecule has 0 aliphatic heterocycles. The second kappa shape index (κ2) is 5.29. The van der Waals surface area contributed by atoms with Gasteiger partial charge in [0.05, 0.1) is 5.02 Å². The maximum Gasteiger partial charge on any atom is 0.255 e. The summed E-state index contributed by atoms with van der Waals surface area (Å²) in [6.07, 6.45) is 0. The molecule has 2 N–H and O–H groups in total. The van der Waals surface area contributed by atoms with Crippen molar-refractivity contribution in [2.24, 2.45) is 0 Å². The van der Waals surface area contributed by atoms with Gasteiger partial charge in [-0.15, -0.1) is 0 Å². The van der Waals surface area contributed by atoms with Crippen molar-refractivity contribution in [3.8, 4) is 5.75 Å². The summed E-state index contributed by atoms with van der Waals surface area (Å²) in [6.45, 7) is 0. The van der Waals surface area contributed by atoms with E-state index in [9.17, 15) is 9.90 Å². The van der Waals surface area contributed by atoms with E-state index >= 15 is 0 Å². The highest BCUT2D eigenvalue weighted by atomic mass is 35.5. The molecule has 0 heterocycles. The molecule has 0 unspecified atom stereocenters. The minimum Gasteiger partial charge on any atom is -0.506 e. The van der Waals surface area contributed by atoms with Gasteiger partial charge in [0.2, 0.25) is 0 Å². The number of carbonyl (C=O) groups is 1. The van der Waals surface area contributed by atoms with Gasteiger partial charge in [0.25, 0.3) is 5.91 Å². The molecule has 0 radical (unpaired) electrons. The first-order chi connectivity index (χ1) is 8.56. The summed E-state index contributed by atoms with van der Waals surface area (Å²) < 4.78 is 0. The Labute approximate surface area is 114 Å². The second-order valence-electron chi connectivity index (χ2n) is 3.63. The summed E-state index contributed by atoms with van der Waals surface area (Å²) in [7, 11) is 0. The predicted octanol–water partition coefficient (Wildman–Crippen LogP) is 3.95. The molecule has 3 nitrogen and oxygen atoms in total. The van der Waals surface area contributed by atoms with Crippen LogP contribution >= 0.6 is 23.2 Å². The minimum absolute atomic E-state index is 0.0267. The molecule has 18 heavy (non-hydrogen) atoms. The number of aromatic hydroxyl groups is 1. The summed E-state index contributed by atoms with van der Waals surface area (Å²) >= 11 is 11.5. The highest BCUT2D eigenvalue weighted by Crippen LogP contribution is 2.26. The summed E-state index contributed by atoms with van der Waals surface area (Å²) in [5.74, 6) is -0.297. The zero-order chi connectivity index (χ0) is 13.1. The quantitative estimate of drug-likeness (QED) is 0.819. The molecule has 0 saturated carbocycles. The molecule has 5 heteroatoms. The normalized spacial score (nSPS) is 10.1. The molecule has 0 aliphatic rings. The van der Waals surface area contributed by atoms with Crippen LogP contribution in [0.3, 0.4) is 0 Å². The molecular weight excluding hydrogens is 273 g/mol. The number of phenolic OH excluding ortho intramolecular Hbond substituents is 1. The highest BCUT2D eigenvalue weighted by Gasteiger charge is 2.07. The molecule has 2 rings (SSSR count). The van der Waals surface area contributed by atoms with E-state index in [4.69, 9.17) is 23.2 Å². The largest absolute Gasteiger partial charge is 0.506 e. The van der Waals surface area contributed by atoms with E-state index < -0.39 is 0 Å². The third kappa shape index (κ3) is 2.94. The number of anilines is 1. The van der Waals surface area contributed by atoms with Gasteiger partial charge in [-0.2, -0.15) is 0 Å². The first kappa shape index (κ1) is 12.7. The van der Waals surface area contributed by atoms with Gasteiger partial charge in [0.1, 0.15) is 5.75 Å². The van der Waals surface area contributed by atoms with Gasteiger partial charge in [-0.1, -0.05) is 23.2 Å². The molecule has 0 fully saturated rings. The Balaban J connectivity index is 2.16. The van der Waals surface area contributed by atoms with Crippen molar-refractivity contribution >= 4 is 34.8 Å². The Morgan fingerprint density at radius 3 is 2.33 bits per heavy atom. The molecule has 0 spiro atoms. The van der Waals surface area contributed by atoms with Gasteiger partial charge >= 0.3 is 0 Å². The molecule has 2 aromatic rings. The van der Waals surface area contributed by atoms with Crippen LogP contribution in [0.25, 0.3) is 0 Å². The zero-order valence-electron chi connectivity index (χ0n) is 9.15. The van der Waals surface area contributed by atoms with E-state index in [1.165, 1.54) is 12.1 Å². The van der Waals surface area contributed by atoms with Crippen LogP contribution in [-0.2, 0) is 0 Å². The average Bonchev–Trinajstić information content (AvgIpc) is 2.34. The fourth-order valence-electron chi connectivity index (χ4n) is 1.39. The maximum absolute atomic E-state index is 11.9. The van der Waals surface area contributed by atoms with E-state index in [-0.39, 0.29) is 16.7 Å². The number of carbonyl (C=O) groups excluding carboxylic acids is 1. The number of amides is 1. The van der Waals surface area contributed by atoms with Crippen LogP contribution in [0.5, 0.6) is 5.75 Å². The predicted molar refractivity (Wildman–Crippen MR) is 72.5 cm³/mol. The van der Waals surface area contributed by atoms with Crippen molar-refractivity contribution in [3.63, 3.8) is 0 Å². The van der Waals surface area contributed by atoms with E-state index in [1.807, 2.05) is 0 Å². The van der Waals surface area contributed by atoms with E-state index in [2.05, 4.69) is 5.32 Å². The fraction of sp³-hybridized carbons (Fsp3) is 0. The maximum atomic E-state index is 11.9. The third-order valence-electron chi connectivity index (χ3n) is 2.31. The van der Waals surface area contributed by atoms with Gasteiger partial charge in [0, 0.05) is 16.3 Å². The molecular formula is C13H9Cl2NO2. The Hall–Kier alpha value is -1.71. The number of hydrogen-bond donors (Lipinski definition) is 2. The topological polar surface area (TPSA) is 49.3 Å². The van der Waals surface area contributed by atoms with E-state index in [0.717, 1.165) is 0 Å². The molecule has 0 aromatic heterocycles.